The lowest BCUT2D eigenvalue weighted by molar-refractivity contribution is -0.137. The molecule has 0 aliphatic carbocycles. The quantitative estimate of drug-likeness (QED) is 0.595. The molecule has 0 radical (unpaired) electrons. The van der Waals surface area contributed by atoms with Crippen LogP contribution in [0.1, 0.15) is 16.9 Å². The molecule has 150 valence electrons. The van der Waals surface area contributed by atoms with Crippen LogP contribution in [-0.4, -0.2) is 15.0 Å². The van der Waals surface area contributed by atoms with Crippen molar-refractivity contribution in [2.75, 3.05) is 6.54 Å². The molecule has 2 heterocycles. The molecule has 1 N–H and O–H groups in total. The van der Waals surface area contributed by atoms with Gasteiger partial charge >= 0.3 is 6.18 Å². The van der Waals surface area contributed by atoms with Crippen molar-refractivity contribution in [3.8, 4) is 0 Å². The molecular formula is C18H14Cl2F3NO3S. The van der Waals surface area contributed by atoms with Gasteiger partial charge in [0.25, 0.3) is 0 Å². The highest BCUT2D eigenvalue weighted by molar-refractivity contribution is 7.91. The Morgan fingerprint density at radius 3 is 2.39 bits per heavy atom. The predicted octanol–water partition coefficient (Wildman–Crippen LogP) is 5.01. The van der Waals surface area contributed by atoms with Crippen molar-refractivity contribution >= 4 is 44.8 Å². The van der Waals surface area contributed by atoms with Crippen LogP contribution < -0.4 is 5.32 Å². The number of hydrogen-bond donors (Lipinski definition) is 1. The molecule has 3 aromatic rings. The molecule has 0 spiro atoms. The maximum Gasteiger partial charge on any atom is 0.416 e. The summed E-state index contributed by atoms with van der Waals surface area (Å²) in [5.41, 5.74) is 0.351. The summed E-state index contributed by atoms with van der Waals surface area (Å²) in [5, 5.41) is 3.93. The molecule has 1 aliphatic rings. The predicted molar refractivity (Wildman–Crippen MR) is 101 cm³/mol. The van der Waals surface area contributed by atoms with Gasteiger partial charge in [-0.3, -0.25) is 0 Å². The summed E-state index contributed by atoms with van der Waals surface area (Å²) in [7, 11) is -4.03. The van der Waals surface area contributed by atoms with E-state index < -0.39 is 21.6 Å². The summed E-state index contributed by atoms with van der Waals surface area (Å²) in [6.07, 6.45) is -3.87. The molecule has 4 rings (SSSR count). The molecule has 2 aromatic carbocycles. The summed E-state index contributed by atoms with van der Waals surface area (Å²) in [4.78, 5) is -0.324. The third-order valence-corrected chi connectivity index (χ3v) is 6.57. The van der Waals surface area contributed by atoms with Crippen LogP contribution in [0.2, 0.25) is 5.02 Å². The topological polar surface area (TPSA) is 59.3 Å². The Labute approximate surface area is 170 Å². The molecule has 0 saturated carbocycles. The Morgan fingerprint density at radius 2 is 1.75 bits per heavy atom. The normalized spacial score (nSPS) is 14.6. The number of hydrogen-bond acceptors (Lipinski definition) is 4. The Hall–Kier alpha value is -1.74. The highest BCUT2D eigenvalue weighted by atomic mass is 35.5. The zero-order chi connectivity index (χ0) is 19.4. The molecule has 0 unspecified atom stereocenters. The van der Waals surface area contributed by atoms with Crippen molar-refractivity contribution in [2.45, 2.75) is 28.9 Å². The van der Waals surface area contributed by atoms with Gasteiger partial charge < -0.3 is 9.73 Å². The van der Waals surface area contributed by atoms with Crippen LogP contribution in [0.5, 0.6) is 0 Å². The standard InChI is InChI=1S/C18H13ClF3NO3S.ClH/c19-15-8-12(7-13-14-9-23-6-5-16(14)26-17(13)15)27(24,25)11-3-1-10(2-4-11)18(20,21)22;/h1-4,7-8,23H,5-6,9H2;1H. The van der Waals surface area contributed by atoms with Crippen LogP contribution in [0.15, 0.2) is 50.6 Å². The fourth-order valence-corrected chi connectivity index (χ4v) is 4.79. The Bertz CT molecular complexity index is 1140. The number of rotatable bonds is 2. The van der Waals surface area contributed by atoms with Crippen LogP contribution in [0.4, 0.5) is 13.2 Å². The van der Waals surface area contributed by atoms with Gasteiger partial charge in [0.05, 0.1) is 20.4 Å². The first-order valence-electron chi connectivity index (χ1n) is 8.05. The summed E-state index contributed by atoms with van der Waals surface area (Å²) in [6, 6.07) is 6.11. The minimum Gasteiger partial charge on any atom is -0.459 e. The number of furan rings is 1. The van der Waals surface area contributed by atoms with Gasteiger partial charge in [-0.2, -0.15) is 13.2 Å². The van der Waals surface area contributed by atoms with Gasteiger partial charge in [0.2, 0.25) is 9.84 Å². The monoisotopic (exact) mass is 451 g/mol. The Balaban J connectivity index is 0.00000225. The van der Waals surface area contributed by atoms with E-state index in [-0.39, 0.29) is 27.2 Å². The zero-order valence-corrected chi connectivity index (χ0v) is 16.5. The van der Waals surface area contributed by atoms with Gasteiger partial charge in [0.1, 0.15) is 5.76 Å². The highest BCUT2D eigenvalue weighted by Gasteiger charge is 2.31. The first-order valence-corrected chi connectivity index (χ1v) is 9.91. The van der Waals surface area contributed by atoms with E-state index in [9.17, 15) is 21.6 Å². The molecule has 1 aliphatic heterocycles. The van der Waals surface area contributed by atoms with Crippen molar-refractivity contribution in [3.05, 3.63) is 58.3 Å². The van der Waals surface area contributed by atoms with Gasteiger partial charge in [0.15, 0.2) is 5.58 Å². The second-order valence-electron chi connectivity index (χ2n) is 6.24. The van der Waals surface area contributed by atoms with Crippen LogP contribution in [0.25, 0.3) is 11.0 Å². The van der Waals surface area contributed by atoms with Gasteiger partial charge in [0, 0.05) is 30.5 Å². The highest BCUT2D eigenvalue weighted by Crippen LogP contribution is 2.37. The maximum absolute atomic E-state index is 12.9. The second kappa shape index (κ2) is 7.26. The lowest BCUT2D eigenvalue weighted by Gasteiger charge is -2.11. The molecule has 1 aromatic heterocycles. The summed E-state index contributed by atoms with van der Waals surface area (Å²) < 4.78 is 69.7. The summed E-state index contributed by atoms with van der Waals surface area (Å²) in [6.45, 7) is 1.28. The lowest BCUT2D eigenvalue weighted by Crippen LogP contribution is -2.22. The van der Waals surface area contributed by atoms with E-state index >= 15 is 0 Å². The SMILES string of the molecule is Cl.O=S(=O)(c1ccc(C(F)(F)F)cc1)c1cc(Cl)c2oc3c(c2c1)CNCC3. The molecule has 0 saturated heterocycles. The van der Waals surface area contributed by atoms with Crippen LogP contribution >= 0.6 is 24.0 Å². The number of alkyl halides is 3. The molecule has 0 atom stereocenters. The molecule has 0 amide bonds. The first kappa shape index (κ1) is 21.0. The number of benzene rings is 2. The van der Waals surface area contributed by atoms with E-state index in [1.54, 1.807) is 0 Å². The van der Waals surface area contributed by atoms with Crippen molar-refractivity contribution in [1.82, 2.24) is 5.32 Å². The smallest absolute Gasteiger partial charge is 0.416 e. The average molecular weight is 452 g/mol. The zero-order valence-electron chi connectivity index (χ0n) is 14.1. The fourth-order valence-electron chi connectivity index (χ4n) is 3.16. The first-order chi connectivity index (χ1) is 12.7. The van der Waals surface area contributed by atoms with E-state index in [0.717, 1.165) is 42.1 Å². The van der Waals surface area contributed by atoms with E-state index in [0.29, 0.717) is 23.9 Å². The molecule has 4 nitrogen and oxygen atoms in total. The molecule has 0 bridgehead atoms. The Morgan fingerprint density at radius 1 is 1.07 bits per heavy atom. The van der Waals surface area contributed by atoms with E-state index in [1.807, 2.05) is 0 Å². The third-order valence-electron chi connectivity index (χ3n) is 4.54. The number of fused-ring (bicyclic) bond motifs is 3. The van der Waals surface area contributed by atoms with Crippen molar-refractivity contribution in [2.24, 2.45) is 0 Å². The Kier molecular flexibility index (Phi) is 5.44. The van der Waals surface area contributed by atoms with Gasteiger partial charge in [-0.1, -0.05) is 11.6 Å². The summed E-state index contributed by atoms with van der Waals surface area (Å²) >= 11 is 6.23. The third kappa shape index (κ3) is 3.50. The molecular weight excluding hydrogens is 438 g/mol. The van der Waals surface area contributed by atoms with Crippen molar-refractivity contribution < 1.29 is 26.0 Å². The fraction of sp³-hybridized carbons (Fsp3) is 0.222. The average Bonchev–Trinajstić information content (AvgIpc) is 3.01. The van der Waals surface area contributed by atoms with E-state index in [4.69, 9.17) is 16.0 Å². The maximum atomic E-state index is 12.9. The largest absolute Gasteiger partial charge is 0.459 e. The van der Waals surface area contributed by atoms with Crippen LogP contribution in [0.3, 0.4) is 0 Å². The molecule has 0 fully saturated rings. The van der Waals surface area contributed by atoms with Crippen LogP contribution in [-0.2, 0) is 29.0 Å². The number of halogens is 5. The number of sulfone groups is 1. The van der Waals surface area contributed by atoms with Crippen molar-refractivity contribution in [1.29, 1.82) is 0 Å². The van der Waals surface area contributed by atoms with Gasteiger partial charge in [-0.25, -0.2) is 8.42 Å². The van der Waals surface area contributed by atoms with Crippen molar-refractivity contribution in [3.63, 3.8) is 0 Å². The van der Waals surface area contributed by atoms with Crippen LogP contribution in [0, 0.1) is 0 Å². The molecule has 28 heavy (non-hydrogen) atoms. The lowest BCUT2D eigenvalue weighted by atomic mass is 10.1. The van der Waals surface area contributed by atoms with Gasteiger partial charge in [-0.05, 0) is 36.4 Å². The molecule has 10 heteroatoms. The van der Waals surface area contributed by atoms with Gasteiger partial charge in [-0.15, -0.1) is 12.4 Å². The minimum absolute atomic E-state index is 0. The second-order valence-corrected chi connectivity index (χ2v) is 8.59. The minimum atomic E-state index is -4.53. The van der Waals surface area contributed by atoms with E-state index in [2.05, 4.69) is 5.32 Å². The van der Waals surface area contributed by atoms with E-state index in [1.165, 1.54) is 12.1 Å². The number of nitrogens with one attached hydrogen (secondary N) is 1. The summed E-state index contributed by atoms with van der Waals surface area (Å²) in [5.74, 6) is 0.759.